The Morgan fingerprint density at radius 2 is 2.10 bits per heavy atom. The van der Waals surface area contributed by atoms with E-state index >= 15 is 0 Å². The molecule has 20 heavy (non-hydrogen) atoms. The number of nitrogens with zero attached hydrogens (tertiary/aromatic N) is 1. The van der Waals surface area contributed by atoms with Crippen LogP contribution in [0.15, 0.2) is 12.1 Å². The zero-order chi connectivity index (χ0) is 15.3. The van der Waals surface area contributed by atoms with Crippen molar-refractivity contribution in [3.63, 3.8) is 0 Å². The van der Waals surface area contributed by atoms with E-state index in [4.69, 9.17) is 9.47 Å². The van der Waals surface area contributed by atoms with Crippen molar-refractivity contribution in [1.29, 1.82) is 0 Å². The third-order valence-electron chi connectivity index (χ3n) is 2.70. The van der Waals surface area contributed by atoms with Gasteiger partial charge in [0.1, 0.15) is 0 Å². The summed E-state index contributed by atoms with van der Waals surface area (Å²) >= 11 is 0. The second-order valence-electron chi connectivity index (χ2n) is 4.81. The number of nitro benzene ring substituents is 1. The van der Waals surface area contributed by atoms with Gasteiger partial charge in [0, 0.05) is 19.2 Å². The summed E-state index contributed by atoms with van der Waals surface area (Å²) in [6.45, 7) is 6.50. The maximum atomic E-state index is 13.8. The van der Waals surface area contributed by atoms with Gasteiger partial charge in [0.15, 0.2) is 11.6 Å². The van der Waals surface area contributed by atoms with Crippen LogP contribution in [-0.2, 0) is 4.74 Å². The lowest BCUT2D eigenvalue weighted by molar-refractivity contribution is -0.385. The molecule has 0 heterocycles. The highest BCUT2D eigenvalue weighted by Gasteiger charge is 2.22. The Labute approximate surface area is 117 Å². The third-order valence-corrected chi connectivity index (χ3v) is 2.70. The van der Waals surface area contributed by atoms with E-state index < -0.39 is 22.0 Å². The first-order valence-corrected chi connectivity index (χ1v) is 6.20. The molecule has 0 aliphatic heterocycles. The van der Waals surface area contributed by atoms with E-state index in [1.807, 2.05) is 20.8 Å². The second kappa shape index (κ2) is 6.51. The lowest BCUT2D eigenvalue weighted by Gasteiger charge is -2.25. The average molecular weight is 286 g/mol. The van der Waals surface area contributed by atoms with Gasteiger partial charge in [0.05, 0.1) is 29.4 Å². The van der Waals surface area contributed by atoms with Crippen molar-refractivity contribution in [3.8, 4) is 5.75 Å². The fraction of sp³-hybridized carbons (Fsp3) is 0.538. The van der Waals surface area contributed by atoms with Gasteiger partial charge >= 0.3 is 5.69 Å². The van der Waals surface area contributed by atoms with E-state index in [2.05, 4.69) is 5.32 Å². The molecule has 6 nitrogen and oxygen atoms in total. The Morgan fingerprint density at radius 3 is 2.60 bits per heavy atom. The number of benzene rings is 1. The second-order valence-corrected chi connectivity index (χ2v) is 4.81. The van der Waals surface area contributed by atoms with Crippen LogP contribution in [0.4, 0.5) is 15.8 Å². The van der Waals surface area contributed by atoms with Crippen molar-refractivity contribution in [1.82, 2.24) is 0 Å². The minimum Gasteiger partial charge on any atom is -0.490 e. The smallest absolute Gasteiger partial charge is 0.313 e. The molecular weight excluding hydrogens is 267 g/mol. The molecule has 0 radical (unpaired) electrons. The maximum absolute atomic E-state index is 13.8. The van der Waals surface area contributed by atoms with Crippen LogP contribution in [0.5, 0.6) is 5.75 Å². The molecule has 0 unspecified atom stereocenters. The number of nitro groups is 1. The van der Waals surface area contributed by atoms with Gasteiger partial charge in [-0.1, -0.05) is 0 Å². The maximum Gasteiger partial charge on any atom is 0.313 e. The van der Waals surface area contributed by atoms with Crippen LogP contribution in [0.2, 0.25) is 0 Å². The molecule has 1 rings (SSSR count). The highest BCUT2D eigenvalue weighted by atomic mass is 19.1. The summed E-state index contributed by atoms with van der Waals surface area (Å²) in [4.78, 5) is 10.1. The van der Waals surface area contributed by atoms with Crippen molar-refractivity contribution in [2.75, 3.05) is 25.6 Å². The lowest BCUT2D eigenvalue weighted by Crippen LogP contribution is -2.33. The first-order chi connectivity index (χ1) is 9.30. The zero-order valence-corrected chi connectivity index (χ0v) is 12.0. The quantitative estimate of drug-likeness (QED) is 0.616. The van der Waals surface area contributed by atoms with Crippen molar-refractivity contribution in [2.24, 2.45) is 0 Å². The van der Waals surface area contributed by atoms with Gasteiger partial charge in [-0.3, -0.25) is 10.1 Å². The summed E-state index contributed by atoms with van der Waals surface area (Å²) in [6.07, 6.45) is 0. The van der Waals surface area contributed by atoms with Gasteiger partial charge in [0.2, 0.25) is 0 Å². The largest absolute Gasteiger partial charge is 0.490 e. The van der Waals surface area contributed by atoms with Crippen LogP contribution >= 0.6 is 0 Å². The first-order valence-electron chi connectivity index (χ1n) is 6.20. The summed E-state index contributed by atoms with van der Waals surface area (Å²) in [5.74, 6) is -0.696. The molecule has 0 amide bonds. The molecule has 0 fully saturated rings. The Balaban J connectivity index is 2.94. The Bertz CT molecular complexity index is 492. The number of hydrogen-bond donors (Lipinski definition) is 1. The van der Waals surface area contributed by atoms with Gasteiger partial charge in [-0.2, -0.15) is 0 Å². The number of hydrogen-bond acceptors (Lipinski definition) is 5. The molecule has 7 heteroatoms. The summed E-state index contributed by atoms with van der Waals surface area (Å²) in [5.41, 5.74) is -0.740. The molecule has 1 aromatic carbocycles. The number of ether oxygens (including phenoxy) is 2. The fourth-order valence-corrected chi connectivity index (χ4v) is 1.73. The molecule has 0 saturated carbocycles. The van der Waals surface area contributed by atoms with E-state index in [-0.39, 0.29) is 11.4 Å². The lowest BCUT2D eigenvalue weighted by atomic mass is 10.1. The molecule has 1 N–H and O–H groups in total. The molecule has 0 atom stereocenters. The summed E-state index contributed by atoms with van der Waals surface area (Å²) in [5, 5.41) is 13.6. The molecule has 1 aromatic rings. The van der Waals surface area contributed by atoms with E-state index in [1.165, 1.54) is 13.2 Å². The molecule has 0 bridgehead atoms. The highest BCUT2D eigenvalue weighted by Crippen LogP contribution is 2.32. The fourth-order valence-electron chi connectivity index (χ4n) is 1.73. The van der Waals surface area contributed by atoms with Crippen molar-refractivity contribution in [3.05, 3.63) is 28.1 Å². The van der Waals surface area contributed by atoms with Crippen LogP contribution in [0.1, 0.15) is 20.8 Å². The summed E-state index contributed by atoms with van der Waals surface area (Å²) in [6, 6.07) is 2.12. The minimum absolute atomic E-state index is 0.00751. The molecule has 0 saturated heterocycles. The average Bonchev–Trinajstić information content (AvgIpc) is 2.36. The number of rotatable bonds is 7. The molecule has 0 aliphatic carbocycles. The van der Waals surface area contributed by atoms with Crippen LogP contribution in [0.25, 0.3) is 0 Å². The Hall–Kier alpha value is -1.89. The van der Waals surface area contributed by atoms with E-state index in [9.17, 15) is 14.5 Å². The monoisotopic (exact) mass is 286 g/mol. The van der Waals surface area contributed by atoms with Gasteiger partial charge in [-0.25, -0.2) is 4.39 Å². The molecule has 112 valence electrons. The SMILES string of the molecule is CCOC(C)(C)CNc1cc(OC)c([N+](=O)[O-])cc1F. The number of anilines is 1. The normalized spacial score (nSPS) is 11.2. The van der Waals surface area contributed by atoms with Crippen LogP contribution in [0, 0.1) is 15.9 Å². The van der Waals surface area contributed by atoms with Gasteiger partial charge in [-0.15, -0.1) is 0 Å². The molecule has 0 aliphatic rings. The van der Waals surface area contributed by atoms with Crippen molar-refractivity contribution >= 4 is 11.4 Å². The van der Waals surface area contributed by atoms with Gasteiger partial charge in [0.25, 0.3) is 0 Å². The minimum atomic E-state index is -0.704. The molecule has 0 aromatic heterocycles. The van der Waals surface area contributed by atoms with E-state index in [1.54, 1.807) is 0 Å². The summed E-state index contributed by atoms with van der Waals surface area (Å²) < 4.78 is 24.2. The van der Waals surface area contributed by atoms with Crippen molar-refractivity contribution < 1.29 is 18.8 Å². The molecule has 0 spiro atoms. The van der Waals surface area contributed by atoms with Crippen LogP contribution in [0.3, 0.4) is 0 Å². The van der Waals surface area contributed by atoms with Gasteiger partial charge < -0.3 is 14.8 Å². The number of halogens is 1. The van der Waals surface area contributed by atoms with E-state index in [0.717, 1.165) is 6.07 Å². The third kappa shape index (κ3) is 4.06. The zero-order valence-electron chi connectivity index (χ0n) is 12.0. The number of nitrogens with one attached hydrogen (secondary N) is 1. The Morgan fingerprint density at radius 1 is 1.45 bits per heavy atom. The van der Waals surface area contributed by atoms with Crippen molar-refractivity contribution in [2.45, 2.75) is 26.4 Å². The standard InChI is InChI=1S/C13H19FN2O4/c1-5-20-13(2,3)8-15-10-7-12(19-4)11(16(17)18)6-9(10)14/h6-7,15H,5,8H2,1-4H3. The molecular formula is C13H19FN2O4. The topological polar surface area (TPSA) is 73.6 Å². The van der Waals surface area contributed by atoms with E-state index in [0.29, 0.717) is 13.2 Å². The summed E-state index contributed by atoms with van der Waals surface area (Å²) in [7, 11) is 1.30. The highest BCUT2D eigenvalue weighted by molar-refractivity contribution is 5.59. The predicted molar refractivity (Wildman–Crippen MR) is 73.8 cm³/mol. The number of methoxy groups -OCH3 is 1. The predicted octanol–water partition coefficient (Wildman–Crippen LogP) is 2.97. The van der Waals surface area contributed by atoms with Crippen LogP contribution < -0.4 is 10.1 Å². The van der Waals surface area contributed by atoms with Crippen LogP contribution in [-0.4, -0.2) is 30.8 Å². The first kappa shape index (κ1) is 16.2. The van der Waals surface area contributed by atoms with Gasteiger partial charge in [-0.05, 0) is 20.8 Å². The Kier molecular flexibility index (Phi) is 5.26.